The summed E-state index contributed by atoms with van der Waals surface area (Å²) in [5.74, 6) is 0.147. The van der Waals surface area contributed by atoms with Gasteiger partial charge in [-0.05, 0) is 29.2 Å². The summed E-state index contributed by atoms with van der Waals surface area (Å²) in [6.07, 6.45) is 1.68. The van der Waals surface area contributed by atoms with E-state index in [-0.39, 0.29) is 18.3 Å². The molecule has 0 fully saturated rings. The van der Waals surface area contributed by atoms with Crippen LogP contribution in [0, 0.1) is 0 Å². The number of benzene rings is 2. The van der Waals surface area contributed by atoms with Crippen LogP contribution in [-0.4, -0.2) is 28.9 Å². The van der Waals surface area contributed by atoms with Crippen LogP contribution in [0.5, 0.6) is 0 Å². The highest BCUT2D eigenvalue weighted by Gasteiger charge is 2.21. The van der Waals surface area contributed by atoms with Crippen molar-refractivity contribution in [1.29, 1.82) is 0 Å². The smallest absolute Gasteiger partial charge is 0.219 e. The Balaban J connectivity index is 0.00000182. The maximum Gasteiger partial charge on any atom is 0.219 e. The van der Waals surface area contributed by atoms with E-state index < -0.39 is 0 Å². The van der Waals surface area contributed by atoms with Gasteiger partial charge in [0.1, 0.15) is 0 Å². The van der Waals surface area contributed by atoms with E-state index in [1.807, 2.05) is 17.0 Å². The van der Waals surface area contributed by atoms with Gasteiger partial charge >= 0.3 is 0 Å². The Kier molecular flexibility index (Phi) is 5.05. The van der Waals surface area contributed by atoms with Gasteiger partial charge in [-0.25, -0.2) is 0 Å². The summed E-state index contributed by atoms with van der Waals surface area (Å²) in [6.45, 7) is 3.17. The fourth-order valence-electron chi connectivity index (χ4n) is 3.63. The van der Waals surface area contributed by atoms with Crippen molar-refractivity contribution < 1.29 is 4.79 Å². The second-order valence-electron chi connectivity index (χ2n) is 6.30. The van der Waals surface area contributed by atoms with Gasteiger partial charge in [-0.3, -0.25) is 9.78 Å². The standard InChI is InChI=1S/C21H20N2O.ClH/c1-15(24)23-13-11-18-20(12-14-23)22-19-10-6-5-9-17(19)21(18)16-7-3-2-4-8-16;/h2-10H,11-14H2,1H3;1H. The number of hydrogen-bond acceptors (Lipinski definition) is 2. The Morgan fingerprint density at radius 2 is 1.64 bits per heavy atom. The second-order valence-corrected chi connectivity index (χ2v) is 6.30. The van der Waals surface area contributed by atoms with Gasteiger partial charge in [0.15, 0.2) is 0 Å². The molecule has 0 saturated heterocycles. The topological polar surface area (TPSA) is 33.2 Å². The highest BCUT2D eigenvalue weighted by Crippen LogP contribution is 2.34. The van der Waals surface area contributed by atoms with E-state index in [2.05, 4.69) is 42.5 Å². The molecule has 0 unspecified atom stereocenters. The van der Waals surface area contributed by atoms with Crippen LogP contribution in [0.25, 0.3) is 22.0 Å². The number of carbonyl (C=O) groups excluding carboxylic acids is 1. The first kappa shape index (κ1) is 17.4. The largest absolute Gasteiger partial charge is 0.342 e. The average molecular weight is 353 g/mol. The molecule has 3 aromatic rings. The fraction of sp³-hybridized carbons (Fsp3) is 0.238. The quantitative estimate of drug-likeness (QED) is 0.655. The van der Waals surface area contributed by atoms with Crippen molar-refractivity contribution in [2.75, 3.05) is 13.1 Å². The number of aromatic nitrogens is 1. The molecule has 4 rings (SSSR count). The molecule has 3 nitrogen and oxygen atoms in total. The zero-order valence-corrected chi connectivity index (χ0v) is 15.1. The first-order valence-corrected chi connectivity index (χ1v) is 8.45. The van der Waals surface area contributed by atoms with Crippen molar-refractivity contribution in [1.82, 2.24) is 9.88 Å². The Morgan fingerprint density at radius 3 is 2.40 bits per heavy atom. The van der Waals surface area contributed by atoms with Crippen LogP contribution in [0.2, 0.25) is 0 Å². The molecule has 4 heteroatoms. The van der Waals surface area contributed by atoms with Crippen LogP contribution < -0.4 is 0 Å². The minimum atomic E-state index is 0. The molecule has 0 bridgehead atoms. The number of fused-ring (bicyclic) bond motifs is 2. The highest BCUT2D eigenvalue weighted by atomic mass is 35.5. The summed E-state index contributed by atoms with van der Waals surface area (Å²) in [5.41, 5.74) is 5.97. The molecule has 0 atom stereocenters. The van der Waals surface area contributed by atoms with E-state index in [4.69, 9.17) is 4.98 Å². The first-order valence-electron chi connectivity index (χ1n) is 8.45. The van der Waals surface area contributed by atoms with E-state index >= 15 is 0 Å². The molecule has 1 aliphatic rings. The maximum absolute atomic E-state index is 11.8. The molecule has 1 aliphatic heterocycles. The van der Waals surface area contributed by atoms with Gasteiger partial charge in [0.25, 0.3) is 0 Å². The lowest BCUT2D eigenvalue weighted by atomic mass is 9.92. The number of pyridine rings is 1. The van der Waals surface area contributed by atoms with E-state index in [1.54, 1.807) is 6.92 Å². The number of halogens is 1. The van der Waals surface area contributed by atoms with Crippen LogP contribution in [0.3, 0.4) is 0 Å². The highest BCUT2D eigenvalue weighted by molar-refractivity contribution is 5.96. The Hall–Kier alpha value is -2.39. The number of para-hydroxylation sites is 1. The summed E-state index contributed by atoms with van der Waals surface area (Å²) in [6, 6.07) is 18.9. The van der Waals surface area contributed by atoms with E-state index in [9.17, 15) is 4.79 Å². The van der Waals surface area contributed by atoms with Gasteiger partial charge in [0, 0.05) is 37.5 Å². The molecule has 0 N–H and O–H groups in total. The molecule has 2 heterocycles. The van der Waals surface area contributed by atoms with Gasteiger partial charge in [-0.1, -0.05) is 48.5 Å². The molecule has 0 radical (unpaired) electrons. The predicted molar refractivity (Wildman–Crippen MR) is 104 cm³/mol. The molecule has 0 aliphatic carbocycles. The SMILES string of the molecule is CC(=O)N1CCc2nc3ccccc3c(-c3ccccc3)c2CC1.Cl. The molecule has 128 valence electrons. The number of rotatable bonds is 1. The summed E-state index contributed by atoms with van der Waals surface area (Å²) in [5, 5.41) is 1.19. The molecule has 0 spiro atoms. The van der Waals surface area contributed by atoms with Crippen molar-refractivity contribution in [2.45, 2.75) is 19.8 Å². The van der Waals surface area contributed by atoms with Crippen LogP contribution in [0.4, 0.5) is 0 Å². The Bertz CT molecular complexity index is 908. The second kappa shape index (κ2) is 7.24. The normalized spacial score (nSPS) is 13.7. The zero-order chi connectivity index (χ0) is 16.5. The lowest BCUT2D eigenvalue weighted by molar-refractivity contribution is -0.128. The monoisotopic (exact) mass is 352 g/mol. The van der Waals surface area contributed by atoms with Crippen LogP contribution in [0.1, 0.15) is 18.2 Å². The molecule has 1 aromatic heterocycles. The minimum Gasteiger partial charge on any atom is -0.342 e. The van der Waals surface area contributed by atoms with Gasteiger partial charge in [0.05, 0.1) is 5.52 Å². The summed E-state index contributed by atoms with van der Waals surface area (Å²) < 4.78 is 0. The van der Waals surface area contributed by atoms with Crippen LogP contribution in [0.15, 0.2) is 54.6 Å². The van der Waals surface area contributed by atoms with E-state index in [0.29, 0.717) is 0 Å². The van der Waals surface area contributed by atoms with Crippen molar-refractivity contribution in [2.24, 2.45) is 0 Å². The molecule has 25 heavy (non-hydrogen) atoms. The minimum absolute atomic E-state index is 0. The van der Waals surface area contributed by atoms with Gasteiger partial charge in [-0.2, -0.15) is 0 Å². The van der Waals surface area contributed by atoms with Crippen molar-refractivity contribution in [3.05, 3.63) is 65.9 Å². The molecule has 1 amide bonds. The third-order valence-corrected chi connectivity index (χ3v) is 4.84. The molecule has 0 saturated carbocycles. The predicted octanol–water partition coefficient (Wildman–Crippen LogP) is 4.27. The number of hydrogen-bond donors (Lipinski definition) is 0. The number of amides is 1. The Morgan fingerprint density at radius 1 is 0.960 bits per heavy atom. The Labute approximate surface area is 154 Å². The summed E-state index contributed by atoms with van der Waals surface area (Å²) in [7, 11) is 0. The molecular weight excluding hydrogens is 332 g/mol. The lowest BCUT2D eigenvalue weighted by Gasteiger charge is -2.17. The van der Waals surface area contributed by atoms with Crippen molar-refractivity contribution in [3.8, 4) is 11.1 Å². The average Bonchev–Trinajstić information content (AvgIpc) is 2.83. The number of carbonyl (C=O) groups is 1. The van der Waals surface area contributed by atoms with Crippen LogP contribution >= 0.6 is 12.4 Å². The third kappa shape index (κ3) is 3.24. The zero-order valence-electron chi connectivity index (χ0n) is 14.2. The van der Waals surface area contributed by atoms with Crippen molar-refractivity contribution in [3.63, 3.8) is 0 Å². The van der Waals surface area contributed by atoms with E-state index in [0.717, 1.165) is 37.1 Å². The molecular formula is C21H21ClN2O. The van der Waals surface area contributed by atoms with E-state index in [1.165, 1.54) is 22.1 Å². The fourth-order valence-corrected chi connectivity index (χ4v) is 3.63. The van der Waals surface area contributed by atoms with Crippen molar-refractivity contribution >= 4 is 29.2 Å². The maximum atomic E-state index is 11.8. The van der Waals surface area contributed by atoms with Gasteiger partial charge in [-0.15, -0.1) is 12.4 Å². The lowest BCUT2D eigenvalue weighted by Crippen LogP contribution is -2.31. The number of nitrogens with zero attached hydrogens (tertiary/aromatic N) is 2. The summed E-state index contributed by atoms with van der Waals surface area (Å²) in [4.78, 5) is 18.6. The van der Waals surface area contributed by atoms with Gasteiger partial charge in [0.2, 0.25) is 5.91 Å². The third-order valence-electron chi connectivity index (χ3n) is 4.84. The van der Waals surface area contributed by atoms with Gasteiger partial charge < -0.3 is 4.90 Å². The van der Waals surface area contributed by atoms with Crippen LogP contribution in [-0.2, 0) is 17.6 Å². The first-order chi connectivity index (χ1) is 11.7. The molecule has 2 aromatic carbocycles. The summed E-state index contributed by atoms with van der Waals surface area (Å²) >= 11 is 0.